The Morgan fingerprint density at radius 3 is 2.61 bits per heavy atom. The van der Waals surface area contributed by atoms with Crippen LogP contribution in [-0.2, 0) is 18.9 Å². The van der Waals surface area contributed by atoms with Gasteiger partial charge in [-0.25, -0.2) is 0 Å². The summed E-state index contributed by atoms with van der Waals surface area (Å²) >= 11 is 3.21. The second-order valence-electron chi connectivity index (χ2n) is 4.31. The van der Waals surface area contributed by atoms with Crippen molar-refractivity contribution < 1.29 is 34.3 Å². The molecule has 0 aromatic rings. The third-order valence-corrected chi connectivity index (χ3v) is 3.27. The lowest BCUT2D eigenvalue weighted by molar-refractivity contribution is -0.342. The van der Waals surface area contributed by atoms with Gasteiger partial charge in [0, 0.05) is 12.3 Å². The van der Waals surface area contributed by atoms with Crippen LogP contribution in [-0.4, -0.2) is 70.5 Å². The highest BCUT2D eigenvalue weighted by Gasteiger charge is 2.55. The lowest BCUT2D eigenvalue weighted by atomic mass is 9.99. The van der Waals surface area contributed by atoms with Crippen LogP contribution in [0.25, 0.3) is 0 Å². The summed E-state index contributed by atoms with van der Waals surface area (Å²) in [5.41, 5.74) is 0. The van der Waals surface area contributed by atoms with E-state index >= 15 is 0 Å². The number of halogens is 1. The van der Waals surface area contributed by atoms with Crippen LogP contribution in [0.1, 0.15) is 6.92 Å². The molecule has 2 rings (SSSR count). The van der Waals surface area contributed by atoms with Gasteiger partial charge in [-0.15, -0.1) is 0 Å². The molecule has 2 fully saturated rings. The molecule has 3 N–H and O–H groups in total. The number of fused-ring (bicyclic) bond motifs is 1. The molecule has 2 aliphatic heterocycles. The molecule has 0 radical (unpaired) electrons. The maximum atomic E-state index is 9.90. The highest BCUT2D eigenvalue weighted by molar-refractivity contribution is 9.09. The van der Waals surface area contributed by atoms with E-state index in [-0.39, 0.29) is 0 Å². The molecule has 18 heavy (non-hydrogen) atoms. The third-order valence-electron chi connectivity index (χ3n) is 2.95. The van der Waals surface area contributed by atoms with E-state index in [1.54, 1.807) is 6.92 Å². The van der Waals surface area contributed by atoms with Crippen LogP contribution in [0.5, 0.6) is 0 Å². The van der Waals surface area contributed by atoms with Crippen molar-refractivity contribution in [3.8, 4) is 0 Å². The summed E-state index contributed by atoms with van der Waals surface area (Å²) in [5.74, 6) is -1.33. The first-order valence-electron chi connectivity index (χ1n) is 5.69. The summed E-state index contributed by atoms with van der Waals surface area (Å²) in [7, 11) is 0. The van der Waals surface area contributed by atoms with Gasteiger partial charge in [-0.05, 0) is 0 Å². The molecule has 0 amide bonds. The molecule has 2 heterocycles. The van der Waals surface area contributed by atoms with Crippen LogP contribution in [0.2, 0.25) is 0 Å². The van der Waals surface area contributed by atoms with Gasteiger partial charge in [-0.3, -0.25) is 4.74 Å². The Morgan fingerprint density at radius 2 is 2.00 bits per heavy atom. The molecule has 2 aliphatic rings. The van der Waals surface area contributed by atoms with E-state index in [1.165, 1.54) is 0 Å². The van der Waals surface area contributed by atoms with E-state index in [0.29, 0.717) is 11.9 Å². The van der Waals surface area contributed by atoms with Crippen LogP contribution in [0.15, 0.2) is 0 Å². The molecule has 0 aliphatic carbocycles. The molecular weight excluding hydrogens is 312 g/mol. The summed E-state index contributed by atoms with van der Waals surface area (Å²) in [6.45, 7) is 1.51. The molecule has 0 aromatic carbocycles. The first-order valence-corrected chi connectivity index (χ1v) is 6.81. The summed E-state index contributed by atoms with van der Waals surface area (Å²) in [6, 6.07) is 0. The molecule has 6 atom stereocenters. The van der Waals surface area contributed by atoms with Gasteiger partial charge in [0.25, 0.3) is 5.97 Å². The quantitative estimate of drug-likeness (QED) is 0.565. The molecule has 3 unspecified atom stereocenters. The fourth-order valence-corrected chi connectivity index (χ4v) is 2.22. The topological polar surface area (TPSA) is 97.6 Å². The van der Waals surface area contributed by atoms with Crippen molar-refractivity contribution in [3.63, 3.8) is 0 Å². The van der Waals surface area contributed by atoms with E-state index in [0.717, 1.165) is 0 Å². The van der Waals surface area contributed by atoms with E-state index in [1.807, 2.05) is 0 Å². The fraction of sp³-hybridized carbons (Fsp3) is 1.00. The van der Waals surface area contributed by atoms with Crippen molar-refractivity contribution in [1.82, 2.24) is 0 Å². The van der Waals surface area contributed by atoms with Crippen LogP contribution in [0, 0.1) is 0 Å². The van der Waals surface area contributed by atoms with Crippen molar-refractivity contribution in [2.45, 2.75) is 43.6 Å². The zero-order valence-electron chi connectivity index (χ0n) is 9.86. The van der Waals surface area contributed by atoms with E-state index in [9.17, 15) is 10.2 Å². The predicted octanol–water partition coefficient (Wildman–Crippen LogP) is -1.07. The Labute approximate surface area is 113 Å². The van der Waals surface area contributed by atoms with Gasteiger partial charge in [0.1, 0.15) is 24.4 Å². The molecular formula is C10H17BrO7. The highest BCUT2D eigenvalue weighted by atomic mass is 79.9. The van der Waals surface area contributed by atoms with E-state index in [4.69, 9.17) is 24.1 Å². The monoisotopic (exact) mass is 328 g/mol. The van der Waals surface area contributed by atoms with Crippen molar-refractivity contribution in [2.24, 2.45) is 0 Å². The van der Waals surface area contributed by atoms with Gasteiger partial charge in [-0.1, -0.05) is 15.9 Å². The predicted molar refractivity (Wildman–Crippen MR) is 61.9 cm³/mol. The van der Waals surface area contributed by atoms with E-state index < -0.39 is 43.3 Å². The van der Waals surface area contributed by atoms with Crippen LogP contribution in [0.4, 0.5) is 0 Å². The average Bonchev–Trinajstić information content (AvgIpc) is 2.69. The zero-order valence-corrected chi connectivity index (χ0v) is 11.4. The number of aliphatic hydroxyl groups is 3. The minimum Gasteiger partial charge on any atom is -0.394 e. The first-order chi connectivity index (χ1) is 8.50. The molecule has 0 bridgehead atoms. The van der Waals surface area contributed by atoms with Crippen LogP contribution < -0.4 is 0 Å². The summed E-state index contributed by atoms with van der Waals surface area (Å²) in [5, 5.41) is 29.3. The van der Waals surface area contributed by atoms with Crippen molar-refractivity contribution in [3.05, 3.63) is 0 Å². The number of alkyl halides is 1. The highest BCUT2D eigenvalue weighted by Crippen LogP contribution is 2.37. The molecule has 106 valence electrons. The lowest BCUT2D eigenvalue weighted by Crippen LogP contribution is -2.57. The van der Waals surface area contributed by atoms with Crippen molar-refractivity contribution in [2.75, 3.05) is 18.5 Å². The molecule has 0 spiro atoms. The summed E-state index contributed by atoms with van der Waals surface area (Å²) in [6.07, 6.45) is -5.04. The van der Waals surface area contributed by atoms with Gasteiger partial charge in [0.15, 0.2) is 6.29 Å². The van der Waals surface area contributed by atoms with Crippen LogP contribution in [0.3, 0.4) is 0 Å². The molecule has 8 heteroatoms. The Hall–Kier alpha value is 0.200. The van der Waals surface area contributed by atoms with Crippen LogP contribution >= 0.6 is 15.9 Å². The molecule has 7 nitrogen and oxygen atoms in total. The Balaban J connectivity index is 2.04. The second kappa shape index (κ2) is 5.68. The van der Waals surface area contributed by atoms with Crippen molar-refractivity contribution >= 4 is 15.9 Å². The van der Waals surface area contributed by atoms with Gasteiger partial charge in [-0.2, -0.15) is 0 Å². The SMILES string of the molecule is CC1(OCCBr)O[C@@H]2OC(CO)[C@@H](O)C(O)[C@H]2O1. The smallest absolute Gasteiger partial charge is 0.282 e. The van der Waals surface area contributed by atoms with Gasteiger partial charge in [0.05, 0.1) is 13.2 Å². The molecule has 0 saturated carbocycles. The maximum Gasteiger partial charge on any atom is 0.282 e. The van der Waals surface area contributed by atoms with Gasteiger partial charge < -0.3 is 29.5 Å². The largest absolute Gasteiger partial charge is 0.394 e. The summed E-state index contributed by atoms with van der Waals surface area (Å²) < 4.78 is 21.6. The average molecular weight is 329 g/mol. The number of hydrogen-bond acceptors (Lipinski definition) is 7. The number of ether oxygens (including phenoxy) is 4. The normalized spacial score (nSPS) is 48.2. The van der Waals surface area contributed by atoms with Gasteiger partial charge >= 0.3 is 0 Å². The fourth-order valence-electron chi connectivity index (χ4n) is 2.05. The van der Waals surface area contributed by atoms with E-state index in [2.05, 4.69) is 15.9 Å². The number of hydrogen-bond donors (Lipinski definition) is 3. The Bertz CT molecular complexity index is 291. The standard InChI is InChI=1S/C10H17BrO7/c1-10(15-3-2-11)17-8-7(14)6(13)5(4-12)16-9(8)18-10/h5-9,12-14H,2-4H2,1H3/t5?,6-,7?,8-,9+,10?/m1/s1. The minimum absolute atomic E-state index is 0.359. The van der Waals surface area contributed by atoms with Gasteiger partial charge in [0.2, 0.25) is 0 Å². The molecule has 2 saturated heterocycles. The van der Waals surface area contributed by atoms with Crippen molar-refractivity contribution in [1.29, 1.82) is 0 Å². The maximum absolute atomic E-state index is 9.90. The zero-order chi connectivity index (χ0) is 13.3. The third kappa shape index (κ3) is 2.70. The summed E-state index contributed by atoms with van der Waals surface area (Å²) in [4.78, 5) is 0. The second-order valence-corrected chi connectivity index (χ2v) is 5.10. The number of aliphatic hydroxyl groups excluding tert-OH is 3. The Kier molecular flexibility index (Phi) is 4.61. The number of rotatable bonds is 4. The Morgan fingerprint density at radius 1 is 1.28 bits per heavy atom. The first kappa shape index (κ1) is 14.6. The molecule has 0 aromatic heterocycles. The lowest BCUT2D eigenvalue weighted by Gasteiger charge is -2.36. The minimum atomic E-state index is -1.33.